The fourth-order valence-electron chi connectivity index (χ4n) is 2.52. The van der Waals surface area contributed by atoms with Gasteiger partial charge in [0.15, 0.2) is 18.2 Å². The Hall–Kier alpha value is -2.11. The molecule has 1 heterocycles. The third-order valence-electron chi connectivity index (χ3n) is 3.55. The summed E-state index contributed by atoms with van der Waals surface area (Å²) in [5, 5.41) is 8.83. The second-order valence-electron chi connectivity index (χ2n) is 5.20. The van der Waals surface area contributed by atoms with Crippen LogP contribution in [0.2, 0.25) is 0 Å². The number of amides is 1. The van der Waals surface area contributed by atoms with Gasteiger partial charge < -0.3 is 14.7 Å². The van der Waals surface area contributed by atoms with E-state index >= 15 is 0 Å². The predicted molar refractivity (Wildman–Crippen MR) is 73.6 cm³/mol. The van der Waals surface area contributed by atoms with E-state index < -0.39 is 11.8 Å². The Bertz CT molecular complexity index is 546. The van der Waals surface area contributed by atoms with E-state index in [1.54, 1.807) is 13.0 Å². The van der Waals surface area contributed by atoms with Crippen LogP contribution in [-0.2, 0) is 9.59 Å². The van der Waals surface area contributed by atoms with Crippen LogP contribution >= 0.6 is 0 Å². The maximum Gasteiger partial charge on any atom is 0.305 e. The lowest BCUT2D eigenvalue weighted by molar-refractivity contribution is -0.140. The summed E-state index contributed by atoms with van der Waals surface area (Å²) in [6.45, 7) is 2.05. The van der Waals surface area contributed by atoms with E-state index in [9.17, 15) is 14.0 Å². The third-order valence-corrected chi connectivity index (χ3v) is 3.55. The van der Waals surface area contributed by atoms with Crippen molar-refractivity contribution in [3.63, 3.8) is 0 Å². The standard InChI is InChI=1S/C15H18FNO4/c1-10-4-5-12(16)13(7-10)21-9-14(18)17-6-2-3-11(17)8-15(19)20/h4-5,7,11H,2-3,6,8-9H2,1H3,(H,19,20). The highest BCUT2D eigenvalue weighted by Crippen LogP contribution is 2.22. The van der Waals surface area contributed by atoms with Crippen molar-refractivity contribution in [1.29, 1.82) is 0 Å². The fraction of sp³-hybridized carbons (Fsp3) is 0.467. The number of aryl methyl sites for hydroxylation is 1. The topological polar surface area (TPSA) is 66.8 Å². The molecule has 0 bridgehead atoms. The molecule has 21 heavy (non-hydrogen) atoms. The zero-order valence-corrected chi connectivity index (χ0v) is 11.8. The van der Waals surface area contributed by atoms with Gasteiger partial charge in [-0.1, -0.05) is 6.07 Å². The number of halogens is 1. The third kappa shape index (κ3) is 3.93. The number of hydrogen-bond acceptors (Lipinski definition) is 3. The van der Waals surface area contributed by atoms with E-state index in [0.29, 0.717) is 13.0 Å². The molecular weight excluding hydrogens is 277 g/mol. The Kier molecular flexibility index (Phi) is 4.77. The molecular formula is C15H18FNO4. The first-order valence-electron chi connectivity index (χ1n) is 6.87. The second kappa shape index (κ2) is 6.56. The Balaban J connectivity index is 1.95. The second-order valence-corrected chi connectivity index (χ2v) is 5.20. The fourth-order valence-corrected chi connectivity index (χ4v) is 2.52. The Morgan fingerprint density at radius 1 is 1.48 bits per heavy atom. The maximum atomic E-state index is 13.5. The molecule has 2 rings (SSSR count). The van der Waals surface area contributed by atoms with Gasteiger partial charge in [0.05, 0.1) is 6.42 Å². The number of ether oxygens (including phenoxy) is 1. The van der Waals surface area contributed by atoms with Crippen LogP contribution in [0.15, 0.2) is 18.2 Å². The summed E-state index contributed by atoms with van der Waals surface area (Å²) >= 11 is 0. The summed E-state index contributed by atoms with van der Waals surface area (Å²) in [5.74, 6) is -1.71. The lowest BCUT2D eigenvalue weighted by atomic mass is 10.1. The maximum absolute atomic E-state index is 13.5. The van der Waals surface area contributed by atoms with Gasteiger partial charge in [0.25, 0.3) is 5.91 Å². The number of rotatable bonds is 5. The highest BCUT2D eigenvalue weighted by atomic mass is 19.1. The molecule has 0 spiro atoms. The van der Waals surface area contributed by atoms with Crippen molar-refractivity contribution in [2.75, 3.05) is 13.2 Å². The van der Waals surface area contributed by atoms with Crippen molar-refractivity contribution in [1.82, 2.24) is 4.90 Å². The van der Waals surface area contributed by atoms with Crippen molar-refractivity contribution in [3.8, 4) is 5.75 Å². The summed E-state index contributed by atoms with van der Waals surface area (Å²) in [6, 6.07) is 4.15. The average Bonchev–Trinajstić information content (AvgIpc) is 2.86. The predicted octanol–water partition coefficient (Wildman–Crippen LogP) is 1.98. The van der Waals surface area contributed by atoms with Crippen LogP contribution in [0.25, 0.3) is 0 Å². The lowest BCUT2D eigenvalue weighted by Gasteiger charge is -2.23. The van der Waals surface area contributed by atoms with Gasteiger partial charge in [-0.2, -0.15) is 0 Å². The molecule has 1 aromatic rings. The van der Waals surface area contributed by atoms with Crippen LogP contribution in [-0.4, -0.2) is 41.1 Å². The molecule has 1 fully saturated rings. The van der Waals surface area contributed by atoms with Gasteiger partial charge in [-0.15, -0.1) is 0 Å². The minimum atomic E-state index is -0.926. The Morgan fingerprint density at radius 2 is 2.24 bits per heavy atom. The number of likely N-dealkylation sites (tertiary alicyclic amines) is 1. The van der Waals surface area contributed by atoms with Gasteiger partial charge >= 0.3 is 5.97 Å². The molecule has 1 aliphatic heterocycles. The van der Waals surface area contributed by atoms with Crippen molar-refractivity contribution in [3.05, 3.63) is 29.6 Å². The van der Waals surface area contributed by atoms with Gasteiger partial charge in [0.1, 0.15) is 0 Å². The van der Waals surface area contributed by atoms with Gasteiger partial charge in [-0.3, -0.25) is 9.59 Å². The SMILES string of the molecule is Cc1ccc(F)c(OCC(=O)N2CCCC2CC(=O)O)c1. The van der Waals surface area contributed by atoms with E-state index in [0.717, 1.165) is 12.0 Å². The first kappa shape index (κ1) is 15.3. The highest BCUT2D eigenvalue weighted by Gasteiger charge is 2.30. The molecule has 1 unspecified atom stereocenters. The van der Waals surface area contributed by atoms with Crippen LogP contribution in [0.3, 0.4) is 0 Å². The zero-order valence-electron chi connectivity index (χ0n) is 11.8. The van der Waals surface area contributed by atoms with E-state index in [1.807, 2.05) is 0 Å². The van der Waals surface area contributed by atoms with Crippen molar-refractivity contribution in [2.45, 2.75) is 32.2 Å². The molecule has 1 saturated heterocycles. The van der Waals surface area contributed by atoms with Crippen LogP contribution in [0, 0.1) is 12.7 Å². The number of carboxylic acids is 1. The number of carbonyl (C=O) groups is 2. The van der Waals surface area contributed by atoms with E-state index in [-0.39, 0.29) is 30.7 Å². The summed E-state index contributed by atoms with van der Waals surface area (Å²) in [4.78, 5) is 24.4. The minimum absolute atomic E-state index is 0.0392. The molecule has 0 aromatic heterocycles. The first-order chi connectivity index (χ1) is 9.97. The van der Waals surface area contributed by atoms with Crippen LogP contribution in [0.4, 0.5) is 4.39 Å². The Morgan fingerprint density at radius 3 is 2.95 bits per heavy atom. The van der Waals surface area contributed by atoms with Crippen LogP contribution < -0.4 is 4.74 Å². The van der Waals surface area contributed by atoms with Crippen LogP contribution in [0.5, 0.6) is 5.75 Å². The van der Waals surface area contributed by atoms with Gasteiger partial charge in [-0.05, 0) is 37.5 Å². The number of nitrogens with zero attached hydrogens (tertiary/aromatic N) is 1. The molecule has 0 radical (unpaired) electrons. The number of benzene rings is 1. The summed E-state index contributed by atoms with van der Waals surface area (Å²) in [5.41, 5.74) is 0.837. The minimum Gasteiger partial charge on any atom is -0.481 e. The number of carboxylic acid groups (broad SMARTS) is 1. The van der Waals surface area contributed by atoms with E-state index in [1.165, 1.54) is 17.0 Å². The normalized spacial score (nSPS) is 17.8. The van der Waals surface area contributed by atoms with Crippen molar-refractivity contribution >= 4 is 11.9 Å². The molecule has 0 aliphatic carbocycles. The molecule has 1 atom stereocenters. The molecule has 114 valence electrons. The molecule has 1 amide bonds. The smallest absolute Gasteiger partial charge is 0.305 e. The molecule has 1 aromatic carbocycles. The number of aliphatic carboxylic acids is 1. The summed E-state index contributed by atoms with van der Waals surface area (Å²) < 4.78 is 18.7. The lowest BCUT2D eigenvalue weighted by Crippen LogP contribution is -2.39. The summed E-state index contributed by atoms with van der Waals surface area (Å²) in [6.07, 6.45) is 1.39. The van der Waals surface area contributed by atoms with E-state index in [2.05, 4.69) is 0 Å². The van der Waals surface area contributed by atoms with Crippen molar-refractivity contribution < 1.29 is 23.8 Å². The van der Waals surface area contributed by atoms with Gasteiger partial charge in [0, 0.05) is 12.6 Å². The molecule has 6 heteroatoms. The first-order valence-corrected chi connectivity index (χ1v) is 6.87. The van der Waals surface area contributed by atoms with Crippen LogP contribution in [0.1, 0.15) is 24.8 Å². The molecule has 1 N–H and O–H groups in total. The average molecular weight is 295 g/mol. The van der Waals surface area contributed by atoms with Gasteiger partial charge in [0.2, 0.25) is 0 Å². The zero-order chi connectivity index (χ0) is 15.4. The van der Waals surface area contributed by atoms with Gasteiger partial charge in [-0.25, -0.2) is 4.39 Å². The largest absolute Gasteiger partial charge is 0.481 e. The molecule has 0 saturated carbocycles. The molecule has 5 nitrogen and oxygen atoms in total. The van der Waals surface area contributed by atoms with E-state index in [4.69, 9.17) is 9.84 Å². The number of hydrogen-bond donors (Lipinski definition) is 1. The molecule has 1 aliphatic rings. The number of carbonyl (C=O) groups excluding carboxylic acids is 1. The Labute approximate surface area is 122 Å². The van der Waals surface area contributed by atoms with Crippen molar-refractivity contribution in [2.24, 2.45) is 0 Å². The quantitative estimate of drug-likeness (QED) is 0.902. The summed E-state index contributed by atoms with van der Waals surface area (Å²) in [7, 11) is 0. The highest BCUT2D eigenvalue weighted by molar-refractivity contribution is 5.79. The monoisotopic (exact) mass is 295 g/mol.